The van der Waals surface area contributed by atoms with Crippen LogP contribution >= 0.6 is 12.2 Å². The van der Waals surface area contributed by atoms with Gasteiger partial charge in [0.15, 0.2) is 6.61 Å². The van der Waals surface area contributed by atoms with E-state index in [0.717, 1.165) is 31.5 Å². The Balaban J connectivity index is 2.52. The average molecular weight is 294 g/mol. The molecule has 0 aromatic heterocycles. The van der Waals surface area contributed by atoms with E-state index in [2.05, 4.69) is 13.8 Å². The zero-order valence-electron chi connectivity index (χ0n) is 12.1. The molecule has 0 unspecified atom stereocenters. The lowest BCUT2D eigenvalue weighted by molar-refractivity contribution is -0.133. The van der Waals surface area contributed by atoms with Crippen LogP contribution in [0.4, 0.5) is 0 Å². The Morgan fingerprint density at radius 2 is 1.75 bits per heavy atom. The summed E-state index contributed by atoms with van der Waals surface area (Å²) in [6, 6.07) is 7.12. The first-order valence-electron chi connectivity index (χ1n) is 6.88. The third kappa shape index (κ3) is 5.17. The fourth-order valence-corrected chi connectivity index (χ4v) is 1.99. The van der Waals surface area contributed by atoms with Gasteiger partial charge >= 0.3 is 0 Å². The van der Waals surface area contributed by atoms with Crippen LogP contribution in [-0.2, 0) is 4.79 Å². The van der Waals surface area contributed by atoms with Crippen LogP contribution in [-0.4, -0.2) is 35.5 Å². The Morgan fingerprint density at radius 1 is 1.20 bits per heavy atom. The van der Waals surface area contributed by atoms with Crippen LogP contribution in [0.1, 0.15) is 32.3 Å². The van der Waals surface area contributed by atoms with E-state index < -0.39 is 0 Å². The maximum Gasteiger partial charge on any atom is 0.260 e. The summed E-state index contributed by atoms with van der Waals surface area (Å²) in [5.41, 5.74) is 6.31. The molecular formula is C15H22N2O2S. The van der Waals surface area contributed by atoms with Gasteiger partial charge in [0.2, 0.25) is 0 Å². The summed E-state index contributed by atoms with van der Waals surface area (Å²) in [7, 11) is 0. The zero-order chi connectivity index (χ0) is 15.0. The van der Waals surface area contributed by atoms with E-state index in [4.69, 9.17) is 22.7 Å². The fraction of sp³-hybridized carbons (Fsp3) is 0.467. The first-order chi connectivity index (χ1) is 9.58. The van der Waals surface area contributed by atoms with Crippen molar-refractivity contribution in [2.75, 3.05) is 19.7 Å². The number of ether oxygens (including phenoxy) is 1. The molecular weight excluding hydrogens is 272 g/mol. The highest BCUT2D eigenvalue weighted by atomic mass is 32.1. The summed E-state index contributed by atoms with van der Waals surface area (Å²) in [4.78, 5) is 14.2. The maximum absolute atomic E-state index is 12.0. The van der Waals surface area contributed by atoms with Crippen molar-refractivity contribution in [1.29, 1.82) is 0 Å². The first-order valence-corrected chi connectivity index (χ1v) is 7.29. The van der Waals surface area contributed by atoms with Gasteiger partial charge in [0.1, 0.15) is 10.7 Å². The zero-order valence-corrected chi connectivity index (χ0v) is 12.9. The van der Waals surface area contributed by atoms with Gasteiger partial charge in [0.25, 0.3) is 5.91 Å². The van der Waals surface area contributed by atoms with Gasteiger partial charge in [-0.1, -0.05) is 26.1 Å². The number of hydrogen-bond acceptors (Lipinski definition) is 3. The van der Waals surface area contributed by atoms with Crippen molar-refractivity contribution in [3.63, 3.8) is 0 Å². The van der Waals surface area contributed by atoms with Crippen molar-refractivity contribution in [3.8, 4) is 5.75 Å². The summed E-state index contributed by atoms with van der Waals surface area (Å²) in [5, 5.41) is 0. The van der Waals surface area contributed by atoms with Crippen molar-refractivity contribution in [3.05, 3.63) is 29.8 Å². The molecule has 5 heteroatoms. The van der Waals surface area contributed by atoms with Gasteiger partial charge < -0.3 is 15.4 Å². The highest BCUT2D eigenvalue weighted by Gasteiger charge is 2.12. The van der Waals surface area contributed by atoms with Crippen LogP contribution in [0.25, 0.3) is 0 Å². The summed E-state index contributed by atoms with van der Waals surface area (Å²) < 4.78 is 5.50. The van der Waals surface area contributed by atoms with Gasteiger partial charge in [-0.2, -0.15) is 0 Å². The molecule has 0 aliphatic heterocycles. The SMILES string of the molecule is CCCN(CCC)C(=O)COc1ccc(C(N)=S)cc1. The minimum Gasteiger partial charge on any atom is -0.484 e. The lowest BCUT2D eigenvalue weighted by Gasteiger charge is -2.21. The smallest absolute Gasteiger partial charge is 0.260 e. The van der Waals surface area contributed by atoms with E-state index in [1.165, 1.54) is 0 Å². The van der Waals surface area contributed by atoms with Crippen molar-refractivity contribution in [2.24, 2.45) is 5.73 Å². The molecule has 0 heterocycles. The minimum absolute atomic E-state index is 0.0205. The number of amides is 1. The number of nitrogens with two attached hydrogens (primary N) is 1. The van der Waals surface area contributed by atoms with E-state index in [1.807, 2.05) is 4.90 Å². The molecule has 1 aromatic rings. The topological polar surface area (TPSA) is 55.6 Å². The third-order valence-electron chi connectivity index (χ3n) is 2.84. The number of carbonyl (C=O) groups is 1. The molecule has 110 valence electrons. The quantitative estimate of drug-likeness (QED) is 0.748. The van der Waals surface area contributed by atoms with Gasteiger partial charge in [-0.05, 0) is 37.1 Å². The van der Waals surface area contributed by atoms with Gasteiger partial charge in [0, 0.05) is 18.7 Å². The van der Waals surface area contributed by atoms with Crippen LogP contribution in [0.15, 0.2) is 24.3 Å². The lowest BCUT2D eigenvalue weighted by Crippen LogP contribution is -2.36. The molecule has 0 spiro atoms. The summed E-state index contributed by atoms with van der Waals surface area (Å²) in [5.74, 6) is 0.665. The van der Waals surface area contributed by atoms with Crippen molar-refractivity contribution >= 4 is 23.1 Å². The standard InChI is InChI=1S/C15H22N2O2S/c1-3-9-17(10-4-2)14(18)11-19-13-7-5-12(6-8-13)15(16)20/h5-8H,3-4,9-11H2,1-2H3,(H2,16,20). The Morgan fingerprint density at radius 3 is 2.20 bits per heavy atom. The Kier molecular flexibility index (Phi) is 7.01. The monoisotopic (exact) mass is 294 g/mol. The lowest BCUT2D eigenvalue weighted by atomic mass is 10.2. The molecule has 0 fully saturated rings. The summed E-state index contributed by atoms with van der Waals surface area (Å²) in [6.07, 6.45) is 1.91. The highest BCUT2D eigenvalue weighted by Crippen LogP contribution is 2.12. The van der Waals surface area contributed by atoms with E-state index in [9.17, 15) is 4.79 Å². The molecule has 1 rings (SSSR count). The second-order valence-corrected chi connectivity index (χ2v) is 5.00. The number of thiocarbonyl (C=S) groups is 1. The third-order valence-corrected chi connectivity index (χ3v) is 3.08. The molecule has 20 heavy (non-hydrogen) atoms. The average Bonchev–Trinajstić information content (AvgIpc) is 2.45. The van der Waals surface area contributed by atoms with Crippen molar-refractivity contribution in [2.45, 2.75) is 26.7 Å². The van der Waals surface area contributed by atoms with Gasteiger partial charge in [-0.15, -0.1) is 0 Å². The first kappa shape index (κ1) is 16.4. The van der Waals surface area contributed by atoms with Gasteiger partial charge in [0.05, 0.1) is 0 Å². The Bertz CT molecular complexity index is 440. The summed E-state index contributed by atoms with van der Waals surface area (Å²) >= 11 is 4.88. The highest BCUT2D eigenvalue weighted by molar-refractivity contribution is 7.80. The van der Waals surface area contributed by atoms with E-state index in [-0.39, 0.29) is 12.5 Å². The molecule has 1 amide bonds. The van der Waals surface area contributed by atoms with Crippen LogP contribution in [0.2, 0.25) is 0 Å². The molecule has 2 N–H and O–H groups in total. The van der Waals surface area contributed by atoms with E-state index in [1.54, 1.807) is 24.3 Å². The molecule has 0 radical (unpaired) electrons. The molecule has 0 atom stereocenters. The largest absolute Gasteiger partial charge is 0.484 e. The minimum atomic E-state index is 0.0205. The predicted octanol–water partition coefficient (Wildman–Crippen LogP) is 2.35. The molecule has 0 bridgehead atoms. The van der Waals surface area contributed by atoms with Crippen LogP contribution in [0, 0.1) is 0 Å². The Hall–Kier alpha value is -1.62. The second kappa shape index (κ2) is 8.53. The molecule has 0 saturated heterocycles. The number of benzene rings is 1. The Labute approximate surface area is 125 Å². The fourth-order valence-electron chi connectivity index (χ4n) is 1.85. The van der Waals surface area contributed by atoms with Crippen molar-refractivity contribution in [1.82, 2.24) is 4.90 Å². The molecule has 0 aliphatic carbocycles. The molecule has 0 aliphatic rings. The molecule has 0 saturated carbocycles. The normalized spacial score (nSPS) is 10.1. The van der Waals surface area contributed by atoms with Crippen LogP contribution in [0.3, 0.4) is 0 Å². The molecule has 4 nitrogen and oxygen atoms in total. The number of carbonyl (C=O) groups excluding carboxylic acids is 1. The van der Waals surface area contributed by atoms with Gasteiger partial charge in [-0.25, -0.2) is 0 Å². The molecule has 1 aromatic carbocycles. The van der Waals surface area contributed by atoms with Crippen LogP contribution < -0.4 is 10.5 Å². The van der Waals surface area contributed by atoms with Crippen molar-refractivity contribution < 1.29 is 9.53 Å². The summed E-state index contributed by atoms with van der Waals surface area (Å²) in [6.45, 7) is 5.73. The predicted molar refractivity (Wildman–Crippen MR) is 85.0 cm³/mol. The van der Waals surface area contributed by atoms with E-state index >= 15 is 0 Å². The van der Waals surface area contributed by atoms with E-state index in [0.29, 0.717) is 10.7 Å². The maximum atomic E-state index is 12.0. The number of nitrogens with zero attached hydrogens (tertiary/aromatic N) is 1. The van der Waals surface area contributed by atoms with Crippen LogP contribution in [0.5, 0.6) is 5.75 Å². The second-order valence-electron chi connectivity index (χ2n) is 4.56. The number of hydrogen-bond donors (Lipinski definition) is 1. The van der Waals surface area contributed by atoms with Gasteiger partial charge in [-0.3, -0.25) is 4.79 Å². The number of rotatable bonds is 8.